The summed E-state index contributed by atoms with van der Waals surface area (Å²) < 4.78 is 37.3. The second-order valence-electron chi connectivity index (χ2n) is 4.92. The molecule has 23 heavy (non-hydrogen) atoms. The number of nitrogens with one attached hydrogen (secondary N) is 1. The molecule has 2 aromatic rings. The van der Waals surface area contributed by atoms with Crippen LogP contribution in [0.5, 0.6) is 0 Å². The van der Waals surface area contributed by atoms with E-state index in [0.29, 0.717) is 11.3 Å². The molecule has 2 aromatic carbocycles. The zero-order chi connectivity index (χ0) is 17.0. The SMILES string of the molecule is O=C(Cc1ccc(C(F)(F)F)cc1)Nc1ccc(B(O)O)cc1. The zero-order valence-electron chi connectivity index (χ0n) is 11.8. The lowest BCUT2D eigenvalue weighted by Crippen LogP contribution is -2.29. The lowest BCUT2D eigenvalue weighted by Gasteiger charge is -2.08. The van der Waals surface area contributed by atoms with Crippen molar-refractivity contribution in [2.45, 2.75) is 12.6 Å². The van der Waals surface area contributed by atoms with Gasteiger partial charge in [0.25, 0.3) is 0 Å². The third-order valence-corrected chi connectivity index (χ3v) is 3.14. The zero-order valence-corrected chi connectivity index (χ0v) is 11.8. The quantitative estimate of drug-likeness (QED) is 0.748. The first-order valence-corrected chi connectivity index (χ1v) is 6.68. The van der Waals surface area contributed by atoms with Crippen LogP contribution in [-0.2, 0) is 17.4 Å². The first-order chi connectivity index (χ1) is 10.8. The molecule has 0 saturated heterocycles. The van der Waals surface area contributed by atoms with Gasteiger partial charge in [0.2, 0.25) is 5.91 Å². The van der Waals surface area contributed by atoms with E-state index in [-0.39, 0.29) is 17.8 Å². The van der Waals surface area contributed by atoms with Gasteiger partial charge in [0.1, 0.15) is 0 Å². The van der Waals surface area contributed by atoms with Gasteiger partial charge in [0.05, 0.1) is 12.0 Å². The van der Waals surface area contributed by atoms with Crippen LogP contribution < -0.4 is 10.8 Å². The van der Waals surface area contributed by atoms with Crippen molar-refractivity contribution in [2.24, 2.45) is 0 Å². The summed E-state index contributed by atoms with van der Waals surface area (Å²) in [7, 11) is -1.59. The number of amides is 1. The van der Waals surface area contributed by atoms with E-state index in [0.717, 1.165) is 12.1 Å². The fourth-order valence-corrected chi connectivity index (χ4v) is 1.94. The van der Waals surface area contributed by atoms with E-state index in [1.807, 2.05) is 0 Å². The largest absolute Gasteiger partial charge is 0.488 e. The highest BCUT2D eigenvalue weighted by molar-refractivity contribution is 6.58. The molecule has 0 atom stereocenters. The third-order valence-electron chi connectivity index (χ3n) is 3.14. The molecule has 0 heterocycles. The van der Waals surface area contributed by atoms with Crippen LogP contribution in [-0.4, -0.2) is 23.1 Å². The Bertz CT molecular complexity index is 670. The van der Waals surface area contributed by atoms with E-state index in [1.54, 1.807) is 0 Å². The highest BCUT2D eigenvalue weighted by atomic mass is 19.4. The lowest BCUT2D eigenvalue weighted by atomic mass is 9.80. The normalized spacial score (nSPS) is 11.2. The molecule has 0 aromatic heterocycles. The molecule has 4 nitrogen and oxygen atoms in total. The summed E-state index contributed by atoms with van der Waals surface area (Å²) in [4.78, 5) is 11.9. The molecule has 0 fully saturated rings. The molecule has 0 radical (unpaired) electrons. The topological polar surface area (TPSA) is 69.6 Å². The smallest absolute Gasteiger partial charge is 0.423 e. The molecule has 0 aliphatic rings. The molecule has 0 aliphatic heterocycles. The Hall–Kier alpha value is -2.32. The fraction of sp³-hybridized carbons (Fsp3) is 0.133. The van der Waals surface area contributed by atoms with Gasteiger partial charge in [-0.3, -0.25) is 4.79 Å². The summed E-state index contributed by atoms with van der Waals surface area (Å²) >= 11 is 0. The molecule has 120 valence electrons. The summed E-state index contributed by atoms with van der Waals surface area (Å²) in [5, 5.41) is 20.5. The Balaban J connectivity index is 1.96. The van der Waals surface area contributed by atoms with Crippen LogP contribution in [0.2, 0.25) is 0 Å². The van der Waals surface area contributed by atoms with Gasteiger partial charge in [-0.1, -0.05) is 24.3 Å². The number of hydrogen-bond acceptors (Lipinski definition) is 3. The van der Waals surface area contributed by atoms with Crippen molar-refractivity contribution in [3.63, 3.8) is 0 Å². The van der Waals surface area contributed by atoms with Crippen LogP contribution in [0.4, 0.5) is 18.9 Å². The number of halogens is 3. The van der Waals surface area contributed by atoms with Crippen LogP contribution in [0.3, 0.4) is 0 Å². The standard InChI is InChI=1S/C15H13BF3NO3/c17-15(18,19)11-3-1-10(2-4-11)9-14(21)20-13-7-5-12(6-8-13)16(22)23/h1-8,22-23H,9H2,(H,20,21). The fourth-order valence-electron chi connectivity index (χ4n) is 1.94. The highest BCUT2D eigenvalue weighted by Crippen LogP contribution is 2.29. The minimum atomic E-state index is -4.40. The summed E-state index contributed by atoms with van der Waals surface area (Å²) in [5.74, 6) is -0.387. The molecular weight excluding hydrogens is 310 g/mol. The maximum absolute atomic E-state index is 12.4. The van der Waals surface area contributed by atoms with Gasteiger partial charge in [0.15, 0.2) is 0 Å². The van der Waals surface area contributed by atoms with Crippen molar-refractivity contribution in [1.29, 1.82) is 0 Å². The van der Waals surface area contributed by atoms with Gasteiger partial charge in [-0.25, -0.2) is 0 Å². The van der Waals surface area contributed by atoms with E-state index < -0.39 is 18.9 Å². The Morgan fingerprint density at radius 2 is 1.57 bits per heavy atom. The molecule has 8 heteroatoms. The van der Waals surface area contributed by atoms with Crippen molar-refractivity contribution in [3.8, 4) is 0 Å². The first-order valence-electron chi connectivity index (χ1n) is 6.68. The molecule has 0 spiro atoms. The maximum Gasteiger partial charge on any atom is 0.488 e. The average molecular weight is 323 g/mol. The minimum Gasteiger partial charge on any atom is -0.423 e. The van der Waals surface area contributed by atoms with Gasteiger partial charge < -0.3 is 15.4 Å². The minimum absolute atomic E-state index is 0.0670. The Morgan fingerprint density at radius 1 is 1.00 bits per heavy atom. The van der Waals surface area contributed by atoms with Gasteiger partial charge in [-0.2, -0.15) is 13.2 Å². The van der Waals surface area contributed by atoms with E-state index in [2.05, 4.69) is 5.32 Å². The van der Waals surface area contributed by atoms with Crippen LogP contribution >= 0.6 is 0 Å². The number of alkyl halides is 3. The van der Waals surface area contributed by atoms with Crippen molar-refractivity contribution in [1.82, 2.24) is 0 Å². The number of carbonyl (C=O) groups is 1. The number of benzene rings is 2. The van der Waals surface area contributed by atoms with Crippen LogP contribution in [0, 0.1) is 0 Å². The summed E-state index contributed by atoms with van der Waals surface area (Å²) in [6.07, 6.45) is -4.47. The van der Waals surface area contributed by atoms with Crippen LogP contribution in [0.25, 0.3) is 0 Å². The molecule has 0 saturated carbocycles. The summed E-state index contributed by atoms with van der Waals surface area (Å²) in [5.41, 5.74) is 0.426. The molecule has 1 amide bonds. The van der Waals surface area contributed by atoms with Crippen molar-refractivity contribution >= 4 is 24.2 Å². The van der Waals surface area contributed by atoms with Crippen LogP contribution in [0.15, 0.2) is 48.5 Å². The van der Waals surface area contributed by atoms with Gasteiger partial charge >= 0.3 is 13.3 Å². The van der Waals surface area contributed by atoms with Crippen molar-refractivity contribution in [3.05, 3.63) is 59.7 Å². The van der Waals surface area contributed by atoms with E-state index in [1.165, 1.54) is 36.4 Å². The van der Waals surface area contributed by atoms with E-state index in [9.17, 15) is 18.0 Å². The number of rotatable bonds is 4. The predicted octanol–water partition coefficient (Wildman–Crippen LogP) is 1.57. The maximum atomic E-state index is 12.4. The number of hydrogen-bond donors (Lipinski definition) is 3. The summed E-state index contributed by atoms with van der Waals surface area (Å²) in [6.45, 7) is 0. The monoisotopic (exact) mass is 323 g/mol. The number of carbonyl (C=O) groups excluding carboxylic acids is 1. The lowest BCUT2D eigenvalue weighted by molar-refractivity contribution is -0.137. The van der Waals surface area contributed by atoms with Crippen molar-refractivity contribution < 1.29 is 28.0 Å². The molecule has 2 rings (SSSR count). The molecule has 3 N–H and O–H groups in total. The van der Waals surface area contributed by atoms with Gasteiger partial charge in [-0.15, -0.1) is 0 Å². The molecule has 0 unspecified atom stereocenters. The average Bonchev–Trinajstić information content (AvgIpc) is 2.47. The van der Waals surface area contributed by atoms with Crippen LogP contribution in [0.1, 0.15) is 11.1 Å². The predicted molar refractivity (Wildman–Crippen MR) is 80.0 cm³/mol. The second kappa shape index (κ2) is 6.85. The molecule has 0 aliphatic carbocycles. The summed E-state index contributed by atoms with van der Waals surface area (Å²) in [6, 6.07) is 10.3. The Labute approximate surface area is 130 Å². The molecule has 0 bridgehead atoms. The van der Waals surface area contributed by atoms with E-state index in [4.69, 9.17) is 10.0 Å². The van der Waals surface area contributed by atoms with Gasteiger partial charge in [0, 0.05) is 5.69 Å². The number of anilines is 1. The third kappa shape index (κ3) is 4.83. The first kappa shape index (κ1) is 17.0. The molecular formula is C15H13BF3NO3. The van der Waals surface area contributed by atoms with E-state index >= 15 is 0 Å². The van der Waals surface area contributed by atoms with Crippen molar-refractivity contribution in [2.75, 3.05) is 5.32 Å². The Kier molecular flexibility index (Phi) is 5.07. The van der Waals surface area contributed by atoms with Gasteiger partial charge in [-0.05, 0) is 35.3 Å². The Morgan fingerprint density at radius 3 is 2.04 bits per heavy atom. The highest BCUT2D eigenvalue weighted by Gasteiger charge is 2.29. The second-order valence-corrected chi connectivity index (χ2v) is 4.92.